The van der Waals surface area contributed by atoms with Gasteiger partial charge in [0.15, 0.2) is 5.69 Å². The van der Waals surface area contributed by atoms with Gasteiger partial charge in [-0.25, -0.2) is 9.78 Å². The molecule has 1 unspecified atom stereocenters. The van der Waals surface area contributed by atoms with Crippen LogP contribution in [0.3, 0.4) is 0 Å². The topological polar surface area (TPSA) is 77.2 Å². The van der Waals surface area contributed by atoms with E-state index in [1.165, 1.54) is 18.2 Å². The Morgan fingerprint density at radius 2 is 2.19 bits per heavy atom. The summed E-state index contributed by atoms with van der Waals surface area (Å²) >= 11 is 0. The van der Waals surface area contributed by atoms with Crippen LogP contribution in [0.5, 0.6) is 0 Å². The van der Waals surface area contributed by atoms with Gasteiger partial charge >= 0.3 is 5.97 Å². The van der Waals surface area contributed by atoms with E-state index in [1.54, 1.807) is 12.1 Å². The van der Waals surface area contributed by atoms with E-state index in [-0.39, 0.29) is 5.69 Å². The quantitative estimate of drug-likeness (QED) is 0.841. The van der Waals surface area contributed by atoms with Crippen molar-refractivity contribution < 1.29 is 9.53 Å². The Morgan fingerprint density at radius 1 is 1.38 bits per heavy atom. The molecule has 3 rings (SSSR count). The summed E-state index contributed by atoms with van der Waals surface area (Å²) in [5.74, 6) is 0.526. The first kappa shape index (κ1) is 13.4. The number of esters is 1. The first-order chi connectivity index (χ1) is 10.2. The summed E-state index contributed by atoms with van der Waals surface area (Å²) in [5.41, 5.74) is 9.44. The predicted octanol–water partition coefficient (Wildman–Crippen LogP) is 2.20. The fourth-order valence-electron chi connectivity index (χ4n) is 2.59. The van der Waals surface area contributed by atoms with Gasteiger partial charge in [-0.15, -0.1) is 0 Å². The maximum Gasteiger partial charge on any atom is 0.356 e. The Labute approximate surface area is 123 Å². The molecule has 0 radical (unpaired) electrons. The number of nitrogens with zero attached hydrogens (tertiary/aromatic N) is 1. The molecule has 0 bridgehead atoms. The molecule has 3 N–H and O–H groups in total. The molecule has 1 atom stereocenters. The zero-order chi connectivity index (χ0) is 14.8. The highest BCUT2D eigenvalue weighted by atomic mass is 16.5. The minimum Gasteiger partial charge on any atom is -0.464 e. The highest BCUT2D eigenvalue weighted by Gasteiger charge is 2.25. The number of carbonyl (C=O) groups is 1. The van der Waals surface area contributed by atoms with E-state index >= 15 is 0 Å². The molecule has 1 heterocycles. The molecule has 108 valence electrons. The first-order valence-corrected chi connectivity index (χ1v) is 6.85. The van der Waals surface area contributed by atoms with Crippen molar-refractivity contribution in [1.29, 1.82) is 0 Å². The van der Waals surface area contributed by atoms with Crippen molar-refractivity contribution in [2.75, 3.05) is 24.7 Å². The molecule has 0 saturated heterocycles. The molecule has 0 saturated carbocycles. The molecule has 5 nitrogen and oxygen atoms in total. The minimum atomic E-state index is -0.466. The van der Waals surface area contributed by atoms with Crippen molar-refractivity contribution in [3.05, 3.63) is 53.2 Å². The van der Waals surface area contributed by atoms with E-state index in [0.717, 1.165) is 13.0 Å². The number of aromatic nitrogens is 1. The number of nitrogens with two attached hydrogens (primary N) is 1. The van der Waals surface area contributed by atoms with Gasteiger partial charge in [0.1, 0.15) is 5.82 Å². The van der Waals surface area contributed by atoms with Crippen LogP contribution in [0.15, 0.2) is 36.4 Å². The average molecular weight is 283 g/mol. The predicted molar refractivity (Wildman–Crippen MR) is 81.4 cm³/mol. The van der Waals surface area contributed by atoms with Crippen LogP contribution < -0.4 is 11.1 Å². The number of methoxy groups -OCH3 is 1. The maximum atomic E-state index is 11.5. The van der Waals surface area contributed by atoms with Gasteiger partial charge in [0.2, 0.25) is 0 Å². The number of ether oxygens (including phenoxy) is 1. The second-order valence-electron chi connectivity index (χ2n) is 5.11. The summed E-state index contributed by atoms with van der Waals surface area (Å²) in [5, 5.41) is 3.23. The molecule has 1 aromatic carbocycles. The lowest BCUT2D eigenvalue weighted by molar-refractivity contribution is 0.0594. The van der Waals surface area contributed by atoms with E-state index in [0.29, 0.717) is 17.4 Å². The minimum absolute atomic E-state index is 0.253. The first-order valence-electron chi connectivity index (χ1n) is 6.85. The molecule has 1 aliphatic rings. The molecule has 21 heavy (non-hydrogen) atoms. The summed E-state index contributed by atoms with van der Waals surface area (Å²) in [4.78, 5) is 15.7. The number of hydrogen-bond acceptors (Lipinski definition) is 5. The van der Waals surface area contributed by atoms with Crippen LogP contribution in [0, 0.1) is 0 Å². The number of nitrogens with one attached hydrogen (secondary N) is 1. The molecule has 5 heteroatoms. The number of hydrogen-bond donors (Lipinski definition) is 2. The summed E-state index contributed by atoms with van der Waals surface area (Å²) < 4.78 is 4.67. The lowest BCUT2D eigenvalue weighted by Crippen LogP contribution is -2.25. The van der Waals surface area contributed by atoms with Crippen LogP contribution in [0.1, 0.15) is 27.5 Å². The molecule has 0 amide bonds. The van der Waals surface area contributed by atoms with Crippen molar-refractivity contribution in [3.8, 4) is 0 Å². The van der Waals surface area contributed by atoms with E-state index in [9.17, 15) is 4.79 Å². The van der Waals surface area contributed by atoms with Gasteiger partial charge in [0, 0.05) is 12.5 Å². The summed E-state index contributed by atoms with van der Waals surface area (Å²) in [7, 11) is 1.33. The van der Waals surface area contributed by atoms with Crippen LogP contribution in [-0.2, 0) is 11.2 Å². The zero-order valence-electron chi connectivity index (χ0n) is 11.8. The molecule has 0 aliphatic heterocycles. The monoisotopic (exact) mass is 283 g/mol. The van der Waals surface area contributed by atoms with Crippen LogP contribution in [-0.4, -0.2) is 24.6 Å². The molecule has 1 aliphatic carbocycles. The third kappa shape index (κ3) is 2.54. The van der Waals surface area contributed by atoms with E-state index < -0.39 is 5.97 Å². The van der Waals surface area contributed by atoms with Gasteiger partial charge in [-0.3, -0.25) is 0 Å². The standard InChI is InChI=1S/C16H17N3O2/c1-21-16(20)14-7-6-13(17)15(19-14)18-9-11-8-10-4-2-3-5-12(10)11/h2-7,11H,8-9,17H2,1H3,(H,18,19). The second-order valence-corrected chi connectivity index (χ2v) is 5.11. The third-order valence-electron chi connectivity index (χ3n) is 3.80. The Hall–Kier alpha value is -2.56. The highest BCUT2D eigenvalue weighted by molar-refractivity contribution is 5.88. The van der Waals surface area contributed by atoms with Crippen LogP contribution >= 0.6 is 0 Å². The Balaban J connectivity index is 1.70. The fraction of sp³-hybridized carbons (Fsp3) is 0.250. The van der Waals surface area contributed by atoms with Crippen molar-refractivity contribution in [2.45, 2.75) is 12.3 Å². The number of carbonyl (C=O) groups excluding carboxylic acids is 1. The van der Waals surface area contributed by atoms with Crippen molar-refractivity contribution in [1.82, 2.24) is 4.98 Å². The Bertz CT molecular complexity index is 685. The van der Waals surface area contributed by atoms with Gasteiger partial charge in [-0.05, 0) is 29.7 Å². The number of anilines is 2. The third-order valence-corrected chi connectivity index (χ3v) is 3.80. The van der Waals surface area contributed by atoms with Gasteiger partial charge in [-0.2, -0.15) is 0 Å². The molecule has 1 aromatic heterocycles. The second kappa shape index (κ2) is 5.44. The molecule has 0 fully saturated rings. The summed E-state index contributed by atoms with van der Waals surface area (Å²) in [6, 6.07) is 11.6. The molecule has 2 aromatic rings. The van der Waals surface area contributed by atoms with Crippen LogP contribution in [0.25, 0.3) is 0 Å². The van der Waals surface area contributed by atoms with Gasteiger partial charge < -0.3 is 15.8 Å². The maximum absolute atomic E-state index is 11.5. The van der Waals surface area contributed by atoms with Crippen molar-refractivity contribution in [2.24, 2.45) is 0 Å². The Kier molecular flexibility index (Phi) is 3.48. The van der Waals surface area contributed by atoms with Crippen LogP contribution in [0.4, 0.5) is 11.5 Å². The molecular weight excluding hydrogens is 266 g/mol. The highest BCUT2D eigenvalue weighted by Crippen LogP contribution is 2.34. The molecular formula is C16H17N3O2. The lowest BCUT2D eigenvalue weighted by Gasteiger charge is -2.30. The van der Waals surface area contributed by atoms with E-state index in [1.807, 2.05) is 0 Å². The summed E-state index contributed by atoms with van der Waals surface area (Å²) in [6.45, 7) is 0.749. The van der Waals surface area contributed by atoms with Crippen LogP contribution in [0.2, 0.25) is 0 Å². The van der Waals surface area contributed by atoms with Crippen molar-refractivity contribution in [3.63, 3.8) is 0 Å². The smallest absolute Gasteiger partial charge is 0.356 e. The molecule has 0 spiro atoms. The number of benzene rings is 1. The van der Waals surface area contributed by atoms with Crippen molar-refractivity contribution >= 4 is 17.5 Å². The normalized spacial score (nSPS) is 15.8. The number of pyridine rings is 1. The average Bonchev–Trinajstić information content (AvgIpc) is 2.49. The number of fused-ring (bicyclic) bond motifs is 1. The van der Waals surface area contributed by atoms with Gasteiger partial charge in [-0.1, -0.05) is 24.3 Å². The zero-order valence-corrected chi connectivity index (χ0v) is 11.8. The number of rotatable bonds is 4. The van der Waals surface area contributed by atoms with Gasteiger partial charge in [0.25, 0.3) is 0 Å². The SMILES string of the molecule is COC(=O)c1ccc(N)c(NCC2Cc3ccccc32)n1. The fourth-order valence-corrected chi connectivity index (χ4v) is 2.59. The van der Waals surface area contributed by atoms with E-state index in [2.05, 4.69) is 39.3 Å². The Morgan fingerprint density at radius 3 is 2.95 bits per heavy atom. The number of nitrogen functional groups attached to an aromatic ring is 1. The lowest BCUT2D eigenvalue weighted by atomic mass is 9.77. The largest absolute Gasteiger partial charge is 0.464 e. The summed E-state index contributed by atoms with van der Waals surface area (Å²) in [6.07, 6.45) is 1.06. The van der Waals surface area contributed by atoms with Gasteiger partial charge in [0.05, 0.1) is 12.8 Å². The van der Waals surface area contributed by atoms with E-state index in [4.69, 9.17) is 5.73 Å².